The van der Waals surface area contributed by atoms with Gasteiger partial charge in [0.15, 0.2) is 0 Å². The monoisotopic (exact) mass is 214 g/mol. The van der Waals surface area contributed by atoms with Gasteiger partial charge in [-0.3, -0.25) is 4.79 Å². The molecule has 1 saturated heterocycles. The van der Waals surface area contributed by atoms with Crippen molar-refractivity contribution in [2.24, 2.45) is 0 Å². The van der Waals surface area contributed by atoms with E-state index in [1.54, 1.807) is 7.11 Å². The Kier molecular flexibility index (Phi) is 5.65. The molecule has 0 aromatic rings. The molecule has 1 heterocycles. The number of piperidine rings is 1. The zero-order valence-electron chi connectivity index (χ0n) is 9.71. The van der Waals surface area contributed by atoms with Gasteiger partial charge in [-0.2, -0.15) is 0 Å². The molecule has 1 rings (SSSR count). The number of hydrogen-bond donors (Lipinski definition) is 2. The molecular weight excluding hydrogens is 192 g/mol. The highest BCUT2D eigenvalue weighted by molar-refractivity contribution is 5.76. The third-order valence-corrected chi connectivity index (χ3v) is 2.87. The highest BCUT2D eigenvalue weighted by Crippen LogP contribution is 2.10. The summed E-state index contributed by atoms with van der Waals surface area (Å²) in [5, 5.41) is 6.44. The number of hydrogen-bond acceptors (Lipinski definition) is 3. The van der Waals surface area contributed by atoms with Crippen LogP contribution in [0.1, 0.15) is 32.6 Å². The number of ether oxygens (including phenoxy) is 1. The zero-order valence-corrected chi connectivity index (χ0v) is 9.71. The van der Waals surface area contributed by atoms with E-state index in [4.69, 9.17) is 4.74 Å². The van der Waals surface area contributed by atoms with Crippen LogP contribution in [0.4, 0.5) is 0 Å². The number of rotatable bonds is 5. The van der Waals surface area contributed by atoms with Crippen LogP contribution in [0.15, 0.2) is 0 Å². The SMILES string of the molecule is COCCC(=O)NC(C)C1CCCCN1. The molecule has 0 aromatic heterocycles. The normalized spacial score (nSPS) is 23.5. The summed E-state index contributed by atoms with van der Waals surface area (Å²) in [6.07, 6.45) is 4.12. The van der Waals surface area contributed by atoms with Crippen LogP contribution in [0, 0.1) is 0 Å². The molecule has 0 bridgehead atoms. The molecule has 1 amide bonds. The lowest BCUT2D eigenvalue weighted by Crippen LogP contribution is -2.50. The van der Waals surface area contributed by atoms with E-state index in [2.05, 4.69) is 17.6 Å². The van der Waals surface area contributed by atoms with Crippen molar-refractivity contribution < 1.29 is 9.53 Å². The van der Waals surface area contributed by atoms with Gasteiger partial charge >= 0.3 is 0 Å². The van der Waals surface area contributed by atoms with Crippen LogP contribution in [0.25, 0.3) is 0 Å². The van der Waals surface area contributed by atoms with Crippen LogP contribution in [0.2, 0.25) is 0 Å². The maximum Gasteiger partial charge on any atom is 0.222 e. The van der Waals surface area contributed by atoms with Gasteiger partial charge in [-0.15, -0.1) is 0 Å². The zero-order chi connectivity index (χ0) is 11.1. The van der Waals surface area contributed by atoms with Crippen molar-refractivity contribution in [2.45, 2.75) is 44.7 Å². The summed E-state index contributed by atoms with van der Waals surface area (Å²) in [6, 6.07) is 0.653. The summed E-state index contributed by atoms with van der Waals surface area (Å²) >= 11 is 0. The van der Waals surface area contributed by atoms with E-state index in [0.29, 0.717) is 19.1 Å². The molecule has 2 N–H and O–H groups in total. The topological polar surface area (TPSA) is 50.4 Å². The molecule has 1 aliphatic rings. The maximum absolute atomic E-state index is 11.4. The van der Waals surface area contributed by atoms with Crippen molar-refractivity contribution >= 4 is 5.91 Å². The Morgan fingerprint density at radius 3 is 3.00 bits per heavy atom. The van der Waals surface area contributed by atoms with Crippen molar-refractivity contribution in [3.63, 3.8) is 0 Å². The molecule has 1 fully saturated rings. The Labute approximate surface area is 91.8 Å². The predicted octanol–water partition coefficient (Wildman–Crippen LogP) is 0.670. The van der Waals surface area contributed by atoms with Gasteiger partial charge in [-0.1, -0.05) is 6.42 Å². The fourth-order valence-electron chi connectivity index (χ4n) is 1.93. The number of nitrogens with one attached hydrogen (secondary N) is 2. The molecule has 2 unspecified atom stereocenters. The summed E-state index contributed by atoms with van der Waals surface area (Å²) in [4.78, 5) is 11.4. The van der Waals surface area contributed by atoms with Crippen molar-refractivity contribution in [1.29, 1.82) is 0 Å². The molecule has 0 aromatic carbocycles. The second-order valence-electron chi connectivity index (χ2n) is 4.16. The third-order valence-electron chi connectivity index (χ3n) is 2.87. The highest BCUT2D eigenvalue weighted by atomic mass is 16.5. The van der Waals surface area contributed by atoms with E-state index in [9.17, 15) is 4.79 Å². The number of amides is 1. The van der Waals surface area contributed by atoms with Crippen molar-refractivity contribution in [3.8, 4) is 0 Å². The first-order valence-electron chi connectivity index (χ1n) is 5.75. The molecule has 15 heavy (non-hydrogen) atoms. The summed E-state index contributed by atoms with van der Waals surface area (Å²) in [7, 11) is 1.61. The van der Waals surface area contributed by atoms with E-state index in [1.807, 2.05) is 0 Å². The Balaban J connectivity index is 2.21. The molecule has 0 aliphatic carbocycles. The molecule has 88 valence electrons. The summed E-state index contributed by atoms with van der Waals surface area (Å²) in [5.74, 6) is 0.0803. The second kappa shape index (κ2) is 6.80. The number of carbonyl (C=O) groups excluding carboxylic acids is 1. The minimum absolute atomic E-state index is 0.0803. The van der Waals surface area contributed by atoms with E-state index in [-0.39, 0.29) is 11.9 Å². The first-order chi connectivity index (χ1) is 7.24. The standard InChI is InChI=1S/C11H22N2O2/c1-9(10-5-3-4-7-12-10)13-11(14)6-8-15-2/h9-10,12H,3-8H2,1-2H3,(H,13,14). The average molecular weight is 214 g/mol. The molecule has 0 spiro atoms. The minimum Gasteiger partial charge on any atom is -0.384 e. The van der Waals surface area contributed by atoms with Crippen molar-refractivity contribution in [3.05, 3.63) is 0 Å². The number of carbonyl (C=O) groups is 1. The van der Waals surface area contributed by atoms with Gasteiger partial charge in [0.1, 0.15) is 0 Å². The van der Waals surface area contributed by atoms with Gasteiger partial charge in [0, 0.05) is 25.6 Å². The maximum atomic E-state index is 11.4. The van der Waals surface area contributed by atoms with Crippen LogP contribution in [-0.4, -0.2) is 38.3 Å². The minimum atomic E-state index is 0.0803. The lowest BCUT2D eigenvalue weighted by Gasteiger charge is -2.29. The van der Waals surface area contributed by atoms with E-state index in [0.717, 1.165) is 13.0 Å². The first kappa shape index (κ1) is 12.5. The Morgan fingerprint density at radius 2 is 2.40 bits per heavy atom. The summed E-state index contributed by atoms with van der Waals surface area (Å²) in [5.41, 5.74) is 0. The van der Waals surface area contributed by atoms with Gasteiger partial charge in [-0.05, 0) is 26.3 Å². The summed E-state index contributed by atoms with van der Waals surface area (Å²) < 4.78 is 4.86. The molecular formula is C11H22N2O2. The van der Waals surface area contributed by atoms with Crippen LogP contribution in [0.5, 0.6) is 0 Å². The van der Waals surface area contributed by atoms with Gasteiger partial charge in [0.25, 0.3) is 0 Å². The third kappa shape index (κ3) is 4.62. The Hall–Kier alpha value is -0.610. The quantitative estimate of drug-likeness (QED) is 0.707. The Bertz CT molecular complexity index is 191. The molecule has 4 nitrogen and oxygen atoms in total. The molecule has 1 aliphatic heterocycles. The van der Waals surface area contributed by atoms with Crippen LogP contribution >= 0.6 is 0 Å². The molecule has 0 saturated carbocycles. The van der Waals surface area contributed by atoms with Gasteiger partial charge in [-0.25, -0.2) is 0 Å². The molecule has 0 radical (unpaired) electrons. The smallest absolute Gasteiger partial charge is 0.222 e. The van der Waals surface area contributed by atoms with Crippen molar-refractivity contribution in [2.75, 3.05) is 20.3 Å². The van der Waals surface area contributed by atoms with Crippen LogP contribution in [0.3, 0.4) is 0 Å². The van der Waals surface area contributed by atoms with E-state index < -0.39 is 0 Å². The lowest BCUT2D eigenvalue weighted by atomic mass is 9.99. The highest BCUT2D eigenvalue weighted by Gasteiger charge is 2.20. The summed E-state index contributed by atoms with van der Waals surface area (Å²) in [6.45, 7) is 3.63. The van der Waals surface area contributed by atoms with Gasteiger partial charge < -0.3 is 15.4 Å². The molecule has 2 atom stereocenters. The van der Waals surface area contributed by atoms with Gasteiger partial charge in [0.2, 0.25) is 5.91 Å². The van der Waals surface area contributed by atoms with Gasteiger partial charge in [0.05, 0.1) is 6.61 Å². The predicted molar refractivity (Wildman–Crippen MR) is 59.7 cm³/mol. The number of methoxy groups -OCH3 is 1. The lowest BCUT2D eigenvalue weighted by molar-refractivity contribution is -0.122. The average Bonchev–Trinajstić information content (AvgIpc) is 2.27. The van der Waals surface area contributed by atoms with Crippen molar-refractivity contribution in [1.82, 2.24) is 10.6 Å². The Morgan fingerprint density at radius 1 is 1.60 bits per heavy atom. The largest absolute Gasteiger partial charge is 0.384 e. The van der Waals surface area contributed by atoms with Crippen LogP contribution in [-0.2, 0) is 9.53 Å². The molecule has 4 heteroatoms. The second-order valence-corrected chi connectivity index (χ2v) is 4.16. The fourth-order valence-corrected chi connectivity index (χ4v) is 1.93. The van der Waals surface area contributed by atoms with Crippen LogP contribution < -0.4 is 10.6 Å². The first-order valence-corrected chi connectivity index (χ1v) is 5.75. The fraction of sp³-hybridized carbons (Fsp3) is 0.909. The van der Waals surface area contributed by atoms with E-state index in [1.165, 1.54) is 12.8 Å². The van der Waals surface area contributed by atoms with E-state index >= 15 is 0 Å².